The predicted molar refractivity (Wildman–Crippen MR) is 71.4 cm³/mol. The molecule has 0 N–H and O–H groups in total. The quantitative estimate of drug-likeness (QED) is 0.378. The van der Waals surface area contributed by atoms with Crippen molar-refractivity contribution in [1.29, 1.82) is 0 Å². The Labute approximate surface area is 128 Å². The third-order valence-electron chi connectivity index (χ3n) is 2.46. The van der Waals surface area contributed by atoms with Gasteiger partial charge in [0.2, 0.25) is 0 Å². The van der Waals surface area contributed by atoms with Crippen molar-refractivity contribution in [3.05, 3.63) is 43.0 Å². The normalized spacial score (nSPS) is 14.9. The summed E-state index contributed by atoms with van der Waals surface area (Å²) in [5.41, 5.74) is -0.676. The summed E-state index contributed by atoms with van der Waals surface area (Å²) in [5.74, 6) is 0.790. The fraction of sp³-hybridized carbons (Fsp3) is 0.467. The van der Waals surface area contributed by atoms with E-state index in [0.29, 0.717) is 13.2 Å². The summed E-state index contributed by atoms with van der Waals surface area (Å²) in [5, 5.41) is 0. The first kappa shape index (κ1) is 18.3. The number of para-hydroxylation sites is 1. The molecular formula is C15H21LiO3. The molecule has 0 aliphatic carbocycles. The van der Waals surface area contributed by atoms with Gasteiger partial charge in [0.15, 0.2) is 6.29 Å². The molecule has 3 nitrogen and oxygen atoms in total. The van der Waals surface area contributed by atoms with Gasteiger partial charge in [0.25, 0.3) is 0 Å². The first-order valence-electron chi connectivity index (χ1n) is 6.13. The molecule has 100 valence electrons. The van der Waals surface area contributed by atoms with Crippen LogP contribution in [0.1, 0.15) is 20.8 Å². The van der Waals surface area contributed by atoms with Crippen molar-refractivity contribution >= 4 is 0 Å². The second-order valence-electron chi connectivity index (χ2n) is 4.22. The minimum atomic E-state index is -0.676. The third kappa shape index (κ3) is 6.84. The number of hydrogen-bond donors (Lipinski definition) is 0. The van der Waals surface area contributed by atoms with E-state index in [0.717, 1.165) is 5.75 Å². The molecule has 0 bridgehead atoms. The fourth-order valence-corrected chi connectivity index (χ4v) is 1.51. The van der Waals surface area contributed by atoms with Gasteiger partial charge in [-0.05, 0) is 32.9 Å². The van der Waals surface area contributed by atoms with Crippen molar-refractivity contribution in [2.75, 3.05) is 13.2 Å². The van der Waals surface area contributed by atoms with Gasteiger partial charge in [-0.1, -0.05) is 18.2 Å². The molecular weight excluding hydrogens is 235 g/mol. The topological polar surface area (TPSA) is 27.7 Å². The molecule has 2 atom stereocenters. The molecule has 0 heterocycles. The number of ether oxygens (including phenoxy) is 3. The standard InChI is InChI=1S/C15H21O3.Li/c1-5-15(4,18-13(3)16-6-2)12-17-14-10-8-7-9-11-14;/h1,5,7-11,13H,6,12H2,2-4H3;/q-1;+1. The van der Waals surface area contributed by atoms with E-state index in [2.05, 4.69) is 0 Å². The van der Waals surface area contributed by atoms with Crippen molar-refractivity contribution in [1.82, 2.24) is 0 Å². The Hall–Kier alpha value is -0.723. The van der Waals surface area contributed by atoms with Gasteiger partial charge >= 0.3 is 18.9 Å². The smallest absolute Gasteiger partial charge is 0.515 e. The van der Waals surface area contributed by atoms with Gasteiger partial charge in [0, 0.05) is 6.61 Å². The first-order valence-corrected chi connectivity index (χ1v) is 6.13. The predicted octanol–water partition coefficient (Wildman–Crippen LogP) is 0.216. The summed E-state index contributed by atoms with van der Waals surface area (Å²) in [6.07, 6.45) is 1.17. The maximum absolute atomic E-state index is 5.72. The molecule has 0 fully saturated rings. The largest absolute Gasteiger partial charge is 1.00 e. The molecule has 4 heteroatoms. The molecule has 0 saturated heterocycles. The van der Waals surface area contributed by atoms with E-state index in [9.17, 15) is 0 Å². The molecule has 1 aromatic carbocycles. The average molecular weight is 256 g/mol. The second kappa shape index (κ2) is 9.22. The SMILES string of the molecule is [CH-]=CC(C)(COc1ccccc1)OC(C)OCC.[Li+]. The van der Waals surface area contributed by atoms with Crippen molar-refractivity contribution in [2.24, 2.45) is 0 Å². The van der Waals surface area contributed by atoms with E-state index in [1.807, 2.05) is 51.1 Å². The molecule has 0 radical (unpaired) electrons. The maximum atomic E-state index is 5.72. The van der Waals surface area contributed by atoms with Gasteiger partial charge in [0.1, 0.15) is 12.4 Å². The van der Waals surface area contributed by atoms with Crippen LogP contribution in [0.4, 0.5) is 0 Å². The number of rotatable bonds is 8. The number of hydrogen-bond acceptors (Lipinski definition) is 3. The van der Waals surface area contributed by atoms with Gasteiger partial charge in [-0.25, -0.2) is 6.08 Å². The van der Waals surface area contributed by atoms with Crippen LogP contribution in [0.3, 0.4) is 0 Å². The molecule has 1 aromatic rings. The van der Waals surface area contributed by atoms with Gasteiger partial charge in [-0.3, -0.25) is 0 Å². The average Bonchev–Trinajstić information content (AvgIpc) is 2.38. The van der Waals surface area contributed by atoms with Crippen LogP contribution in [-0.4, -0.2) is 25.1 Å². The van der Waals surface area contributed by atoms with Crippen molar-refractivity contribution in [2.45, 2.75) is 32.7 Å². The van der Waals surface area contributed by atoms with E-state index in [1.165, 1.54) is 6.08 Å². The van der Waals surface area contributed by atoms with E-state index in [1.54, 1.807) is 0 Å². The monoisotopic (exact) mass is 256 g/mol. The Kier molecular flexibility index (Phi) is 8.87. The van der Waals surface area contributed by atoms with Crippen LogP contribution in [0.2, 0.25) is 0 Å². The van der Waals surface area contributed by atoms with E-state index < -0.39 is 5.60 Å². The molecule has 2 unspecified atom stereocenters. The van der Waals surface area contributed by atoms with Gasteiger partial charge in [0.05, 0.1) is 5.60 Å². The van der Waals surface area contributed by atoms with Crippen LogP contribution >= 0.6 is 0 Å². The Morgan fingerprint density at radius 3 is 2.47 bits per heavy atom. The summed E-state index contributed by atoms with van der Waals surface area (Å²) in [6, 6.07) is 9.56. The van der Waals surface area contributed by atoms with E-state index in [-0.39, 0.29) is 25.2 Å². The van der Waals surface area contributed by atoms with Crippen LogP contribution in [0.5, 0.6) is 5.75 Å². The first-order chi connectivity index (χ1) is 8.59. The van der Waals surface area contributed by atoms with Gasteiger partial charge in [-0.15, -0.1) is 0 Å². The second-order valence-corrected chi connectivity index (χ2v) is 4.22. The van der Waals surface area contributed by atoms with Crippen molar-refractivity contribution in [3.63, 3.8) is 0 Å². The third-order valence-corrected chi connectivity index (χ3v) is 2.46. The van der Waals surface area contributed by atoms with Crippen molar-refractivity contribution in [3.8, 4) is 5.75 Å². The van der Waals surface area contributed by atoms with Crippen LogP contribution < -0.4 is 23.6 Å². The zero-order chi connectivity index (χ0) is 13.4. The molecule has 0 aromatic heterocycles. The summed E-state index contributed by atoms with van der Waals surface area (Å²) < 4.78 is 16.7. The Morgan fingerprint density at radius 2 is 1.95 bits per heavy atom. The molecule has 0 amide bonds. The molecule has 19 heavy (non-hydrogen) atoms. The Balaban J connectivity index is 0.00000324. The van der Waals surface area contributed by atoms with Gasteiger partial charge < -0.3 is 20.8 Å². The van der Waals surface area contributed by atoms with Crippen molar-refractivity contribution < 1.29 is 33.1 Å². The van der Waals surface area contributed by atoms with Crippen LogP contribution in [0, 0.1) is 6.58 Å². The molecule has 0 spiro atoms. The molecule has 0 saturated carbocycles. The summed E-state index contributed by atoms with van der Waals surface area (Å²) in [6.45, 7) is 12.2. The fourth-order valence-electron chi connectivity index (χ4n) is 1.51. The summed E-state index contributed by atoms with van der Waals surface area (Å²) in [7, 11) is 0. The Bertz CT molecular complexity index is 356. The summed E-state index contributed by atoms with van der Waals surface area (Å²) >= 11 is 0. The van der Waals surface area contributed by atoms with Gasteiger partial charge in [-0.2, -0.15) is 0 Å². The minimum Gasteiger partial charge on any atom is -0.515 e. The van der Waals surface area contributed by atoms with Crippen LogP contribution in [0.25, 0.3) is 0 Å². The number of benzene rings is 1. The summed E-state index contributed by atoms with van der Waals surface area (Å²) in [4.78, 5) is 0. The Morgan fingerprint density at radius 1 is 1.32 bits per heavy atom. The minimum absolute atomic E-state index is 0. The van der Waals surface area contributed by atoms with Crippen LogP contribution in [-0.2, 0) is 9.47 Å². The zero-order valence-electron chi connectivity index (χ0n) is 12.3. The molecule has 1 rings (SSSR count). The van der Waals surface area contributed by atoms with E-state index >= 15 is 0 Å². The molecule has 0 aliphatic heterocycles. The molecule has 0 aliphatic rings. The maximum Gasteiger partial charge on any atom is 1.00 e. The van der Waals surface area contributed by atoms with E-state index in [4.69, 9.17) is 20.8 Å². The van der Waals surface area contributed by atoms with Crippen LogP contribution in [0.15, 0.2) is 36.4 Å². The zero-order valence-corrected chi connectivity index (χ0v) is 12.3.